The molecular weight excluding hydrogens is 269 g/mol. The molecule has 0 radical (unpaired) electrons. The minimum atomic E-state index is -0.951. The summed E-state index contributed by atoms with van der Waals surface area (Å²) in [4.78, 5) is 25.7. The summed E-state index contributed by atoms with van der Waals surface area (Å²) in [7, 11) is -0.951. The average Bonchev–Trinajstić information content (AvgIpc) is 2.92. The summed E-state index contributed by atoms with van der Waals surface area (Å²) in [5.74, 6) is 0.912. The third-order valence-corrected chi connectivity index (χ3v) is 3.69. The first-order chi connectivity index (χ1) is 10.2. The van der Waals surface area contributed by atoms with Crippen molar-refractivity contribution in [1.29, 1.82) is 0 Å². The van der Waals surface area contributed by atoms with Crippen molar-refractivity contribution in [2.24, 2.45) is 0 Å². The molecule has 0 aromatic heterocycles. The van der Waals surface area contributed by atoms with Crippen LogP contribution in [0.5, 0.6) is 0 Å². The molecule has 21 heavy (non-hydrogen) atoms. The fraction of sp³-hybridized carbons (Fsp3) is 0.333. The summed E-state index contributed by atoms with van der Waals surface area (Å²) in [6.07, 6.45) is 3.41. The predicted molar refractivity (Wildman–Crippen MR) is 78.0 cm³/mol. The lowest BCUT2D eigenvalue weighted by atomic mass is 9.88. The summed E-state index contributed by atoms with van der Waals surface area (Å²) in [5.41, 5.74) is 0.953. The molecule has 0 aliphatic carbocycles. The fourth-order valence-electron chi connectivity index (χ4n) is 2.66. The Hall–Kier alpha value is -2.08. The largest absolute Gasteiger partial charge is 0.628 e. The number of rotatable bonds is 2. The van der Waals surface area contributed by atoms with Gasteiger partial charge in [0.1, 0.15) is 6.04 Å². The van der Waals surface area contributed by atoms with Gasteiger partial charge in [0.2, 0.25) is 0 Å². The zero-order chi connectivity index (χ0) is 14.7. The number of carbonyl (C=O) groups excluding carboxylic acids is 2. The van der Waals surface area contributed by atoms with Gasteiger partial charge in [0.05, 0.1) is 6.54 Å². The van der Waals surface area contributed by atoms with Crippen molar-refractivity contribution in [2.45, 2.75) is 18.9 Å². The second-order valence-corrected chi connectivity index (χ2v) is 5.19. The van der Waals surface area contributed by atoms with E-state index in [9.17, 15) is 9.59 Å². The first kappa shape index (κ1) is 13.9. The van der Waals surface area contributed by atoms with E-state index in [4.69, 9.17) is 9.31 Å². The van der Waals surface area contributed by atoms with Gasteiger partial charge in [-0.25, -0.2) is 0 Å². The van der Waals surface area contributed by atoms with Crippen molar-refractivity contribution in [3.8, 4) is 0 Å². The van der Waals surface area contributed by atoms with Crippen molar-refractivity contribution >= 4 is 25.1 Å². The number of nitrogens with zero attached hydrogens (tertiary/aromatic N) is 1. The lowest BCUT2D eigenvalue weighted by Gasteiger charge is -2.26. The third-order valence-electron chi connectivity index (χ3n) is 3.69. The average molecular weight is 285 g/mol. The first-order valence-electron chi connectivity index (χ1n) is 7.10. The van der Waals surface area contributed by atoms with Gasteiger partial charge in [-0.05, 0) is 30.9 Å². The van der Waals surface area contributed by atoms with Crippen molar-refractivity contribution in [2.75, 3.05) is 13.1 Å². The minimum Gasteiger partial charge on any atom is -0.495 e. The monoisotopic (exact) mass is 285 g/mol. The highest BCUT2D eigenvalue weighted by atomic mass is 16.6. The lowest BCUT2D eigenvalue weighted by Crippen LogP contribution is -2.47. The van der Waals surface area contributed by atoms with E-state index in [1.807, 2.05) is 35.2 Å². The van der Waals surface area contributed by atoms with Gasteiger partial charge in [-0.1, -0.05) is 36.4 Å². The zero-order valence-corrected chi connectivity index (χ0v) is 11.6. The number of carbonyl (C=O) groups is 2. The molecule has 2 fully saturated rings. The Morgan fingerprint density at radius 1 is 1.19 bits per heavy atom. The summed E-state index contributed by atoms with van der Waals surface area (Å²) >= 11 is 0. The van der Waals surface area contributed by atoms with Gasteiger partial charge in [-0.2, -0.15) is 0 Å². The van der Waals surface area contributed by atoms with Crippen molar-refractivity contribution in [1.82, 2.24) is 4.90 Å². The van der Waals surface area contributed by atoms with Gasteiger partial charge in [0.15, 0.2) is 0 Å². The molecule has 0 amide bonds. The number of fused-ring (bicyclic) bond motifs is 1. The van der Waals surface area contributed by atoms with Gasteiger partial charge in [-0.3, -0.25) is 14.5 Å². The predicted octanol–water partition coefficient (Wildman–Crippen LogP) is 1.29. The molecule has 1 atom stereocenters. The number of benzene rings is 1. The molecule has 0 bridgehead atoms. The molecule has 2 aliphatic heterocycles. The van der Waals surface area contributed by atoms with Crippen LogP contribution in [-0.4, -0.2) is 43.1 Å². The third kappa shape index (κ3) is 3.33. The number of hydrogen-bond acceptors (Lipinski definition) is 5. The van der Waals surface area contributed by atoms with Crippen molar-refractivity contribution in [3.63, 3.8) is 0 Å². The van der Waals surface area contributed by atoms with Gasteiger partial charge >= 0.3 is 19.1 Å². The zero-order valence-electron chi connectivity index (χ0n) is 11.6. The van der Waals surface area contributed by atoms with Gasteiger partial charge in [-0.15, -0.1) is 0 Å². The molecular formula is C15H16BNO4. The molecule has 0 spiro atoms. The molecule has 0 unspecified atom stereocenters. The number of hydrogen-bond donors (Lipinski definition) is 0. The van der Waals surface area contributed by atoms with Crippen LogP contribution in [0.2, 0.25) is 0 Å². The summed E-state index contributed by atoms with van der Waals surface area (Å²) in [6, 6.07) is 9.26. The summed E-state index contributed by atoms with van der Waals surface area (Å²) in [6.45, 7) is 0.884. The normalized spacial score (nSPS) is 23.4. The van der Waals surface area contributed by atoms with Crippen molar-refractivity contribution < 1.29 is 18.9 Å². The smallest absolute Gasteiger partial charge is 0.495 e. The molecule has 2 heterocycles. The van der Waals surface area contributed by atoms with Crippen LogP contribution >= 0.6 is 0 Å². The van der Waals surface area contributed by atoms with E-state index < -0.39 is 7.12 Å². The van der Waals surface area contributed by atoms with Gasteiger partial charge < -0.3 is 9.31 Å². The maximum Gasteiger partial charge on any atom is 0.628 e. The Bertz CT molecular complexity index is 560. The quantitative estimate of drug-likeness (QED) is 0.766. The van der Waals surface area contributed by atoms with E-state index in [2.05, 4.69) is 0 Å². The molecule has 6 heteroatoms. The first-order valence-corrected chi connectivity index (χ1v) is 7.10. The van der Waals surface area contributed by atoms with Crippen LogP contribution in [-0.2, 0) is 18.9 Å². The molecule has 2 saturated heterocycles. The van der Waals surface area contributed by atoms with Crippen LogP contribution in [0, 0.1) is 0 Å². The summed E-state index contributed by atoms with van der Waals surface area (Å²) in [5, 5.41) is 0. The second-order valence-electron chi connectivity index (χ2n) is 5.19. The molecule has 0 saturated carbocycles. The van der Waals surface area contributed by atoms with Crippen LogP contribution in [0.25, 0.3) is 6.08 Å². The fourth-order valence-corrected chi connectivity index (χ4v) is 2.66. The van der Waals surface area contributed by atoms with E-state index >= 15 is 0 Å². The molecule has 0 N–H and O–H groups in total. The Morgan fingerprint density at radius 2 is 2.00 bits per heavy atom. The highest BCUT2D eigenvalue weighted by Crippen LogP contribution is 2.20. The minimum absolute atomic E-state index is 0.148. The van der Waals surface area contributed by atoms with Crippen LogP contribution < -0.4 is 0 Å². The Balaban J connectivity index is 1.72. The SMILES string of the molecule is O=C1CN2CCC[C@H]2C(=O)OB(/C=C/c2ccccc2)O1. The van der Waals surface area contributed by atoms with E-state index in [1.54, 1.807) is 12.1 Å². The van der Waals surface area contributed by atoms with Crippen LogP contribution in [0.3, 0.4) is 0 Å². The Morgan fingerprint density at radius 3 is 2.81 bits per heavy atom. The standard InChI is InChI=1S/C15H16BNO4/c18-14-11-17-10-4-7-13(17)15(19)21-16(20-14)9-8-12-5-2-1-3-6-12/h1-3,5-6,8-9,13H,4,7,10-11H2/b9-8+/t13-/m0/s1. The maximum atomic E-state index is 12.1. The molecule has 1 aromatic carbocycles. The Kier molecular flexibility index (Phi) is 4.06. The maximum absolute atomic E-state index is 12.1. The van der Waals surface area contributed by atoms with E-state index in [0.29, 0.717) is 0 Å². The van der Waals surface area contributed by atoms with Crippen LogP contribution in [0.15, 0.2) is 36.3 Å². The Labute approximate surface area is 123 Å². The van der Waals surface area contributed by atoms with Gasteiger partial charge in [0, 0.05) is 0 Å². The van der Waals surface area contributed by atoms with E-state index in [-0.39, 0.29) is 24.5 Å². The van der Waals surface area contributed by atoms with E-state index in [1.165, 1.54) is 0 Å². The molecule has 2 aliphatic rings. The lowest BCUT2D eigenvalue weighted by molar-refractivity contribution is -0.148. The summed E-state index contributed by atoms with van der Waals surface area (Å²) < 4.78 is 10.5. The second kappa shape index (κ2) is 6.14. The van der Waals surface area contributed by atoms with E-state index in [0.717, 1.165) is 24.9 Å². The van der Waals surface area contributed by atoms with Gasteiger partial charge in [0.25, 0.3) is 0 Å². The molecule has 3 rings (SSSR count). The van der Waals surface area contributed by atoms with Crippen LogP contribution in [0.1, 0.15) is 18.4 Å². The topological polar surface area (TPSA) is 55.8 Å². The molecule has 1 aromatic rings. The molecule has 5 nitrogen and oxygen atoms in total. The highest BCUT2D eigenvalue weighted by Gasteiger charge is 2.39. The highest BCUT2D eigenvalue weighted by molar-refractivity contribution is 6.55. The molecule has 108 valence electrons. The van der Waals surface area contributed by atoms with Crippen LogP contribution in [0.4, 0.5) is 0 Å². The van der Waals surface area contributed by atoms with Crippen molar-refractivity contribution in [3.05, 3.63) is 41.9 Å².